The predicted molar refractivity (Wildman–Crippen MR) is 53.3 cm³/mol. The molecule has 0 saturated carbocycles. The molecule has 2 heterocycles. The number of ether oxygens (including phenoxy) is 1. The van der Waals surface area contributed by atoms with E-state index in [0.29, 0.717) is 12.1 Å². The van der Waals surface area contributed by atoms with Crippen LogP contribution in [0.5, 0.6) is 0 Å². The summed E-state index contributed by atoms with van der Waals surface area (Å²) in [5.74, 6) is 0. The number of rotatable bonds is 3. The molecule has 2 rings (SSSR count). The first-order valence-electron chi connectivity index (χ1n) is 5.12. The van der Waals surface area contributed by atoms with E-state index >= 15 is 0 Å². The largest absolute Gasteiger partial charge is 0.432 e. The summed E-state index contributed by atoms with van der Waals surface area (Å²) in [6.45, 7) is 3.59. The fourth-order valence-electron chi connectivity index (χ4n) is 1.60. The lowest BCUT2D eigenvalue weighted by molar-refractivity contribution is 0.0245. The molecule has 1 saturated heterocycles. The molecule has 1 aliphatic rings. The van der Waals surface area contributed by atoms with E-state index in [9.17, 15) is 0 Å². The molecule has 4 nitrogen and oxygen atoms in total. The van der Waals surface area contributed by atoms with E-state index in [1.807, 2.05) is 6.92 Å². The molecule has 78 valence electrons. The molecule has 1 fully saturated rings. The van der Waals surface area contributed by atoms with Crippen molar-refractivity contribution in [1.29, 1.82) is 0 Å². The normalized spacial score (nSPS) is 22.2. The maximum Gasteiger partial charge on any atom is 0.294 e. The molecule has 1 aliphatic heterocycles. The average Bonchev–Trinajstić information content (AvgIpc) is 2.63. The highest BCUT2D eigenvalue weighted by Crippen LogP contribution is 2.13. The van der Waals surface area contributed by atoms with Crippen molar-refractivity contribution >= 4 is 6.01 Å². The van der Waals surface area contributed by atoms with E-state index in [0.717, 1.165) is 25.3 Å². The van der Waals surface area contributed by atoms with Gasteiger partial charge in [0.15, 0.2) is 0 Å². The molecular weight excluding hydrogens is 180 g/mol. The lowest BCUT2D eigenvalue weighted by atomic mass is 10.1. The summed E-state index contributed by atoms with van der Waals surface area (Å²) < 4.78 is 10.8. The van der Waals surface area contributed by atoms with Gasteiger partial charge in [-0.05, 0) is 26.2 Å². The number of anilines is 1. The Bertz CT molecular complexity index is 279. The second-order valence-corrected chi connectivity index (χ2v) is 3.66. The Kier molecular flexibility index (Phi) is 3.03. The molecule has 0 aromatic carbocycles. The first-order valence-corrected chi connectivity index (χ1v) is 5.12. The van der Waals surface area contributed by atoms with E-state index in [4.69, 9.17) is 9.15 Å². The summed E-state index contributed by atoms with van der Waals surface area (Å²) in [4.78, 5) is 4.16. The smallest absolute Gasteiger partial charge is 0.294 e. The fourth-order valence-corrected chi connectivity index (χ4v) is 1.60. The van der Waals surface area contributed by atoms with Crippen molar-refractivity contribution in [2.24, 2.45) is 0 Å². The van der Waals surface area contributed by atoms with E-state index < -0.39 is 0 Å². The highest BCUT2D eigenvalue weighted by Gasteiger charge is 2.13. The number of nitrogens with zero attached hydrogens (tertiary/aromatic N) is 1. The molecule has 0 bridgehead atoms. The van der Waals surface area contributed by atoms with Crippen LogP contribution >= 0.6 is 0 Å². The van der Waals surface area contributed by atoms with Crippen molar-refractivity contribution in [3.63, 3.8) is 0 Å². The summed E-state index contributed by atoms with van der Waals surface area (Å²) >= 11 is 0. The Morgan fingerprint density at radius 3 is 3.14 bits per heavy atom. The minimum atomic E-state index is 0.316. The lowest BCUT2D eigenvalue weighted by Gasteiger charge is -2.22. The van der Waals surface area contributed by atoms with Crippen LogP contribution in [0, 0.1) is 6.92 Å². The van der Waals surface area contributed by atoms with Crippen LogP contribution < -0.4 is 5.32 Å². The van der Waals surface area contributed by atoms with Gasteiger partial charge in [0.25, 0.3) is 6.01 Å². The van der Waals surface area contributed by atoms with Crippen molar-refractivity contribution in [2.75, 3.05) is 18.5 Å². The van der Waals surface area contributed by atoms with Crippen LogP contribution in [0.25, 0.3) is 0 Å². The molecular formula is C10H16N2O2. The van der Waals surface area contributed by atoms with Gasteiger partial charge in [-0.1, -0.05) is 0 Å². The van der Waals surface area contributed by atoms with E-state index in [-0.39, 0.29) is 0 Å². The fraction of sp³-hybridized carbons (Fsp3) is 0.700. The molecule has 0 spiro atoms. The van der Waals surface area contributed by atoms with Crippen molar-refractivity contribution in [2.45, 2.75) is 32.3 Å². The minimum absolute atomic E-state index is 0.316. The summed E-state index contributed by atoms with van der Waals surface area (Å²) in [6.07, 6.45) is 5.54. The van der Waals surface area contributed by atoms with Gasteiger partial charge in [-0.15, -0.1) is 0 Å². The molecule has 0 amide bonds. The number of hydrogen-bond acceptors (Lipinski definition) is 4. The Morgan fingerprint density at radius 1 is 1.57 bits per heavy atom. The quantitative estimate of drug-likeness (QED) is 0.802. The van der Waals surface area contributed by atoms with Gasteiger partial charge in [-0.2, -0.15) is 4.98 Å². The highest BCUT2D eigenvalue weighted by atomic mass is 16.5. The number of oxazole rings is 1. The van der Waals surface area contributed by atoms with Crippen molar-refractivity contribution < 1.29 is 9.15 Å². The molecule has 4 heteroatoms. The SMILES string of the molecule is Cc1coc(NCC2CCCCO2)n1. The Morgan fingerprint density at radius 2 is 2.50 bits per heavy atom. The molecule has 0 radical (unpaired) electrons. The van der Waals surface area contributed by atoms with Crippen LogP contribution in [0.15, 0.2) is 10.7 Å². The third-order valence-corrected chi connectivity index (χ3v) is 2.37. The van der Waals surface area contributed by atoms with Crippen molar-refractivity contribution in [3.05, 3.63) is 12.0 Å². The van der Waals surface area contributed by atoms with Gasteiger partial charge in [0.1, 0.15) is 6.26 Å². The molecule has 1 unspecified atom stereocenters. The second-order valence-electron chi connectivity index (χ2n) is 3.66. The monoisotopic (exact) mass is 196 g/mol. The Balaban J connectivity index is 1.76. The van der Waals surface area contributed by atoms with Crippen LogP contribution in [0.3, 0.4) is 0 Å². The predicted octanol–water partition coefficient (Wildman–Crippen LogP) is 1.96. The highest BCUT2D eigenvalue weighted by molar-refractivity contribution is 5.20. The average molecular weight is 196 g/mol. The topological polar surface area (TPSA) is 47.3 Å². The third kappa shape index (κ3) is 2.48. The second kappa shape index (κ2) is 4.46. The third-order valence-electron chi connectivity index (χ3n) is 2.37. The lowest BCUT2D eigenvalue weighted by Crippen LogP contribution is -2.27. The molecule has 1 atom stereocenters. The number of hydrogen-bond donors (Lipinski definition) is 1. The van der Waals surface area contributed by atoms with E-state index in [1.54, 1.807) is 6.26 Å². The maximum atomic E-state index is 5.57. The van der Waals surface area contributed by atoms with Crippen LogP contribution in [-0.2, 0) is 4.74 Å². The summed E-state index contributed by atoms with van der Waals surface area (Å²) in [5, 5.41) is 3.13. The van der Waals surface area contributed by atoms with Gasteiger partial charge >= 0.3 is 0 Å². The van der Waals surface area contributed by atoms with Gasteiger partial charge in [-0.25, -0.2) is 0 Å². The first kappa shape index (κ1) is 9.52. The zero-order valence-corrected chi connectivity index (χ0v) is 8.45. The summed E-state index contributed by atoms with van der Waals surface area (Å²) in [5.41, 5.74) is 0.900. The molecule has 1 aromatic rings. The molecule has 1 N–H and O–H groups in total. The van der Waals surface area contributed by atoms with Gasteiger partial charge in [0.05, 0.1) is 11.8 Å². The van der Waals surface area contributed by atoms with Crippen LogP contribution in [0.1, 0.15) is 25.0 Å². The first-order chi connectivity index (χ1) is 6.84. The molecule has 0 aliphatic carbocycles. The standard InChI is InChI=1S/C10H16N2O2/c1-8-7-14-10(12-8)11-6-9-4-2-3-5-13-9/h7,9H,2-6H2,1H3,(H,11,12). The number of aromatic nitrogens is 1. The summed E-state index contributed by atoms with van der Waals surface area (Å²) in [7, 11) is 0. The van der Waals surface area contributed by atoms with Crippen molar-refractivity contribution in [1.82, 2.24) is 4.98 Å². The maximum absolute atomic E-state index is 5.57. The zero-order valence-electron chi connectivity index (χ0n) is 8.45. The zero-order chi connectivity index (χ0) is 9.80. The summed E-state index contributed by atoms with van der Waals surface area (Å²) in [6, 6.07) is 0.594. The molecule has 1 aromatic heterocycles. The van der Waals surface area contributed by atoms with E-state index in [2.05, 4.69) is 10.3 Å². The van der Waals surface area contributed by atoms with Gasteiger partial charge in [0.2, 0.25) is 0 Å². The van der Waals surface area contributed by atoms with Gasteiger partial charge < -0.3 is 14.5 Å². The number of aryl methyl sites for hydroxylation is 1. The van der Waals surface area contributed by atoms with Crippen LogP contribution in [0.2, 0.25) is 0 Å². The molecule has 14 heavy (non-hydrogen) atoms. The van der Waals surface area contributed by atoms with E-state index in [1.165, 1.54) is 12.8 Å². The Labute approximate surface area is 83.7 Å². The Hall–Kier alpha value is -1.03. The van der Waals surface area contributed by atoms with Crippen molar-refractivity contribution in [3.8, 4) is 0 Å². The van der Waals surface area contributed by atoms with Gasteiger partial charge in [0, 0.05) is 13.2 Å². The minimum Gasteiger partial charge on any atom is -0.432 e. The van der Waals surface area contributed by atoms with Crippen LogP contribution in [0.4, 0.5) is 6.01 Å². The van der Waals surface area contributed by atoms with Gasteiger partial charge in [-0.3, -0.25) is 0 Å². The van der Waals surface area contributed by atoms with Crippen LogP contribution in [-0.4, -0.2) is 24.2 Å². The number of nitrogens with one attached hydrogen (secondary N) is 1.